The van der Waals surface area contributed by atoms with Crippen LogP contribution in [0, 0.1) is 0 Å². The van der Waals surface area contributed by atoms with E-state index in [-0.39, 0.29) is 17.7 Å². The minimum absolute atomic E-state index is 0.156. The first-order chi connectivity index (χ1) is 8.06. The molecule has 17 heavy (non-hydrogen) atoms. The molecule has 1 atom stereocenters. The van der Waals surface area contributed by atoms with E-state index in [1.807, 2.05) is 0 Å². The van der Waals surface area contributed by atoms with Crippen molar-refractivity contribution in [3.05, 3.63) is 0 Å². The third-order valence-corrected chi connectivity index (χ3v) is 5.78. The lowest BCUT2D eigenvalue weighted by molar-refractivity contribution is -0.131. The second kappa shape index (κ2) is 5.14. The van der Waals surface area contributed by atoms with E-state index in [1.54, 1.807) is 4.90 Å². The Balaban J connectivity index is 2.11. The lowest BCUT2D eigenvalue weighted by atomic mass is 10.1. The maximum Gasteiger partial charge on any atom is 0.241 e. The highest BCUT2D eigenvalue weighted by molar-refractivity contribution is 7.92. The van der Waals surface area contributed by atoms with Gasteiger partial charge in [-0.1, -0.05) is 6.42 Å². The van der Waals surface area contributed by atoms with E-state index >= 15 is 0 Å². The Morgan fingerprint density at radius 2 is 1.94 bits per heavy atom. The summed E-state index contributed by atoms with van der Waals surface area (Å²) in [6.07, 6.45) is 3.96. The fraction of sp³-hybridized carbons (Fsp3) is 0.909. The Kier molecular flexibility index (Phi) is 3.98. The quantitative estimate of drug-likeness (QED) is 0.726. The number of hydrogen-bond donors (Lipinski definition) is 0. The van der Waals surface area contributed by atoms with Crippen LogP contribution < -0.4 is 0 Å². The van der Waals surface area contributed by atoms with E-state index in [4.69, 9.17) is 11.6 Å². The normalized spacial score (nSPS) is 27.7. The summed E-state index contributed by atoms with van der Waals surface area (Å²) < 4.78 is 23.8. The van der Waals surface area contributed by atoms with Crippen LogP contribution in [0.1, 0.15) is 32.1 Å². The van der Waals surface area contributed by atoms with Crippen molar-refractivity contribution in [3.8, 4) is 0 Å². The van der Waals surface area contributed by atoms with Crippen molar-refractivity contribution < 1.29 is 13.2 Å². The third-order valence-electron chi connectivity index (χ3n) is 3.45. The summed E-state index contributed by atoms with van der Waals surface area (Å²) in [5.41, 5.74) is 0. The number of halogens is 1. The Morgan fingerprint density at radius 1 is 1.24 bits per heavy atom. The predicted octanol–water partition coefficient (Wildman–Crippen LogP) is 1.18. The van der Waals surface area contributed by atoms with Crippen molar-refractivity contribution >= 4 is 27.3 Å². The zero-order chi connectivity index (χ0) is 12.5. The maximum absolute atomic E-state index is 12.3. The Labute approximate surface area is 107 Å². The number of carbonyl (C=O) groups is 1. The van der Waals surface area contributed by atoms with Gasteiger partial charge < -0.3 is 4.90 Å². The van der Waals surface area contributed by atoms with Crippen LogP contribution in [0.25, 0.3) is 0 Å². The number of carbonyl (C=O) groups excluding carboxylic acids is 1. The van der Waals surface area contributed by atoms with Crippen molar-refractivity contribution in [1.82, 2.24) is 4.90 Å². The minimum Gasteiger partial charge on any atom is -0.337 e. The molecule has 0 N–H and O–H groups in total. The molecule has 0 aromatic carbocycles. The molecule has 0 aromatic rings. The first-order valence-corrected chi connectivity index (χ1v) is 8.39. The molecule has 0 aromatic heterocycles. The molecule has 2 rings (SSSR count). The van der Waals surface area contributed by atoms with E-state index in [9.17, 15) is 13.2 Å². The van der Waals surface area contributed by atoms with Crippen LogP contribution in [-0.4, -0.2) is 48.7 Å². The highest BCUT2D eigenvalue weighted by atomic mass is 35.5. The summed E-state index contributed by atoms with van der Waals surface area (Å²) in [4.78, 5) is 14.0. The Hall–Kier alpha value is -0.290. The van der Waals surface area contributed by atoms with Gasteiger partial charge in [0.25, 0.3) is 0 Å². The summed E-state index contributed by atoms with van der Waals surface area (Å²) in [6.45, 7) is 0.469. The second-order valence-electron chi connectivity index (χ2n) is 4.80. The molecule has 0 radical (unpaired) electrons. The number of amides is 1. The largest absolute Gasteiger partial charge is 0.337 e. The average molecular weight is 280 g/mol. The minimum atomic E-state index is -3.23. The SMILES string of the molecule is O=C(C1CCCCS1(=O)=O)N(CCCl)C1CC1. The van der Waals surface area contributed by atoms with Gasteiger partial charge in [0.15, 0.2) is 9.84 Å². The van der Waals surface area contributed by atoms with Crippen LogP contribution in [0.4, 0.5) is 0 Å². The van der Waals surface area contributed by atoms with Gasteiger partial charge in [-0.25, -0.2) is 8.42 Å². The summed E-state index contributed by atoms with van der Waals surface area (Å²) in [5.74, 6) is 0.311. The third kappa shape index (κ3) is 2.94. The van der Waals surface area contributed by atoms with Gasteiger partial charge in [0, 0.05) is 18.5 Å². The fourth-order valence-corrected chi connectivity index (χ4v) is 4.41. The maximum atomic E-state index is 12.3. The first-order valence-electron chi connectivity index (χ1n) is 6.14. The number of nitrogens with zero attached hydrogens (tertiary/aromatic N) is 1. The highest BCUT2D eigenvalue weighted by Crippen LogP contribution is 2.30. The smallest absolute Gasteiger partial charge is 0.241 e. The topological polar surface area (TPSA) is 54.5 Å². The summed E-state index contributed by atoms with van der Waals surface area (Å²) in [6, 6.07) is 0.235. The van der Waals surface area contributed by atoms with Crippen LogP contribution in [-0.2, 0) is 14.6 Å². The Morgan fingerprint density at radius 3 is 2.47 bits per heavy atom. The number of rotatable bonds is 4. The molecule has 0 spiro atoms. The molecule has 2 fully saturated rings. The van der Waals surface area contributed by atoms with Crippen molar-refractivity contribution in [2.45, 2.75) is 43.4 Å². The highest BCUT2D eigenvalue weighted by Gasteiger charge is 2.41. The molecular formula is C11H18ClNO3S. The van der Waals surface area contributed by atoms with Gasteiger partial charge in [-0.3, -0.25) is 4.79 Å². The molecule has 98 valence electrons. The van der Waals surface area contributed by atoms with Crippen molar-refractivity contribution in [2.24, 2.45) is 0 Å². The van der Waals surface area contributed by atoms with Crippen molar-refractivity contribution in [2.75, 3.05) is 18.2 Å². The van der Waals surface area contributed by atoms with E-state index in [0.29, 0.717) is 25.3 Å². The van der Waals surface area contributed by atoms with Gasteiger partial charge in [-0.05, 0) is 25.7 Å². The molecule has 1 heterocycles. The van der Waals surface area contributed by atoms with E-state index in [1.165, 1.54) is 0 Å². The molecule has 1 aliphatic heterocycles. The van der Waals surface area contributed by atoms with Gasteiger partial charge in [-0.2, -0.15) is 0 Å². The monoisotopic (exact) mass is 279 g/mol. The average Bonchev–Trinajstić information content (AvgIpc) is 3.08. The van der Waals surface area contributed by atoms with Crippen LogP contribution in [0.5, 0.6) is 0 Å². The van der Waals surface area contributed by atoms with Crippen LogP contribution in [0.3, 0.4) is 0 Å². The molecule has 1 saturated heterocycles. The fourth-order valence-electron chi connectivity index (χ4n) is 2.37. The van der Waals surface area contributed by atoms with Crippen LogP contribution >= 0.6 is 11.6 Å². The van der Waals surface area contributed by atoms with Gasteiger partial charge in [0.1, 0.15) is 5.25 Å². The number of hydrogen-bond acceptors (Lipinski definition) is 3. The van der Waals surface area contributed by atoms with Gasteiger partial charge in [0.05, 0.1) is 5.75 Å². The second-order valence-corrected chi connectivity index (χ2v) is 7.48. The molecule has 1 unspecified atom stereocenters. The molecule has 1 saturated carbocycles. The Bertz CT molecular complexity index is 392. The standard InChI is InChI=1S/C11H18ClNO3S/c12-6-7-13(9-4-5-9)11(14)10-3-1-2-8-17(10,15)16/h9-10H,1-8H2. The molecule has 4 nitrogen and oxygen atoms in total. The molecule has 1 aliphatic carbocycles. The van der Waals surface area contributed by atoms with Gasteiger partial charge in [0.2, 0.25) is 5.91 Å². The summed E-state index contributed by atoms with van der Waals surface area (Å²) in [5, 5.41) is -0.805. The van der Waals surface area contributed by atoms with Crippen LogP contribution in [0.2, 0.25) is 0 Å². The molecule has 0 bridgehead atoms. The van der Waals surface area contributed by atoms with E-state index in [0.717, 1.165) is 19.3 Å². The van der Waals surface area contributed by atoms with Crippen molar-refractivity contribution in [1.29, 1.82) is 0 Å². The van der Waals surface area contributed by atoms with E-state index < -0.39 is 15.1 Å². The van der Waals surface area contributed by atoms with Gasteiger partial charge >= 0.3 is 0 Å². The number of sulfone groups is 1. The zero-order valence-corrected chi connectivity index (χ0v) is 11.3. The molecule has 1 amide bonds. The first kappa shape index (κ1) is 13.1. The van der Waals surface area contributed by atoms with Crippen LogP contribution in [0.15, 0.2) is 0 Å². The lowest BCUT2D eigenvalue weighted by Crippen LogP contribution is -2.47. The lowest BCUT2D eigenvalue weighted by Gasteiger charge is -2.28. The predicted molar refractivity (Wildman–Crippen MR) is 66.9 cm³/mol. The molecule has 6 heteroatoms. The van der Waals surface area contributed by atoms with E-state index in [2.05, 4.69) is 0 Å². The zero-order valence-electron chi connectivity index (χ0n) is 9.77. The summed E-state index contributed by atoms with van der Waals surface area (Å²) >= 11 is 5.68. The van der Waals surface area contributed by atoms with Crippen molar-refractivity contribution in [3.63, 3.8) is 0 Å². The molecular weight excluding hydrogens is 262 g/mol. The molecule has 2 aliphatic rings. The van der Waals surface area contributed by atoms with Gasteiger partial charge in [-0.15, -0.1) is 11.6 Å². The summed E-state index contributed by atoms with van der Waals surface area (Å²) in [7, 11) is -3.23. The number of alkyl halides is 1.